The molecule has 0 saturated carbocycles. The second-order valence-electron chi connectivity index (χ2n) is 3.86. The van der Waals surface area contributed by atoms with Crippen LogP contribution in [0, 0.1) is 23.0 Å². The third kappa shape index (κ3) is 3.01. The molecule has 0 aliphatic heterocycles. The molecule has 0 radical (unpaired) electrons. The van der Waals surface area contributed by atoms with Crippen molar-refractivity contribution in [3.63, 3.8) is 0 Å². The van der Waals surface area contributed by atoms with Crippen LogP contribution in [0.4, 0.5) is 14.5 Å². The van der Waals surface area contributed by atoms with Crippen molar-refractivity contribution < 1.29 is 8.78 Å². The van der Waals surface area contributed by atoms with Crippen molar-refractivity contribution in [1.82, 2.24) is 0 Å². The van der Waals surface area contributed by atoms with Gasteiger partial charge in [0.1, 0.15) is 17.7 Å². The highest BCUT2D eigenvalue weighted by Crippen LogP contribution is 2.24. The van der Waals surface area contributed by atoms with Crippen LogP contribution in [-0.2, 0) is 0 Å². The van der Waals surface area contributed by atoms with E-state index >= 15 is 0 Å². The first-order valence-corrected chi connectivity index (χ1v) is 5.85. The van der Waals surface area contributed by atoms with Gasteiger partial charge in [-0.05, 0) is 29.8 Å². The molecule has 0 aliphatic rings. The fourth-order valence-corrected chi connectivity index (χ4v) is 1.73. The maximum Gasteiger partial charge on any atom is 0.146 e. The van der Waals surface area contributed by atoms with E-state index < -0.39 is 17.7 Å². The van der Waals surface area contributed by atoms with Crippen molar-refractivity contribution in [1.29, 1.82) is 5.26 Å². The summed E-state index contributed by atoms with van der Waals surface area (Å²) in [5.41, 5.74) is 0.567. The van der Waals surface area contributed by atoms with E-state index in [-0.39, 0.29) is 10.7 Å². The molecule has 2 aromatic rings. The summed E-state index contributed by atoms with van der Waals surface area (Å²) in [7, 11) is 0. The molecule has 0 aliphatic carbocycles. The molecule has 2 nitrogen and oxygen atoms in total. The number of hydrogen-bond acceptors (Lipinski definition) is 2. The van der Waals surface area contributed by atoms with Gasteiger partial charge in [0, 0.05) is 0 Å². The zero-order chi connectivity index (χ0) is 13.8. The van der Waals surface area contributed by atoms with Crippen LogP contribution >= 0.6 is 11.6 Å². The van der Waals surface area contributed by atoms with Gasteiger partial charge in [0.15, 0.2) is 0 Å². The fourth-order valence-electron chi connectivity index (χ4n) is 1.62. The number of benzene rings is 2. The van der Waals surface area contributed by atoms with Crippen molar-refractivity contribution in [2.75, 3.05) is 5.32 Å². The van der Waals surface area contributed by atoms with E-state index in [4.69, 9.17) is 16.9 Å². The van der Waals surface area contributed by atoms with E-state index in [0.29, 0.717) is 5.56 Å². The van der Waals surface area contributed by atoms with E-state index in [2.05, 4.69) is 5.32 Å². The minimum Gasteiger partial charge on any atom is -0.364 e. The lowest BCUT2D eigenvalue weighted by Gasteiger charge is -2.14. The molecular weight excluding hydrogens is 270 g/mol. The molecule has 0 saturated heterocycles. The van der Waals surface area contributed by atoms with Crippen molar-refractivity contribution in [3.05, 3.63) is 64.7 Å². The normalized spacial score (nSPS) is 11.7. The SMILES string of the molecule is N#CC(Nc1ccccc1F)c1ccc(Cl)c(F)c1. The molecule has 1 N–H and O–H groups in total. The largest absolute Gasteiger partial charge is 0.364 e. The van der Waals surface area contributed by atoms with Gasteiger partial charge >= 0.3 is 0 Å². The summed E-state index contributed by atoms with van der Waals surface area (Å²) in [6.07, 6.45) is 0. The van der Waals surface area contributed by atoms with Crippen LogP contribution in [0.3, 0.4) is 0 Å². The molecular formula is C14H9ClF2N2. The minimum atomic E-state index is -0.858. The Morgan fingerprint density at radius 2 is 1.84 bits per heavy atom. The van der Waals surface area contributed by atoms with E-state index in [0.717, 1.165) is 6.07 Å². The zero-order valence-corrected chi connectivity index (χ0v) is 10.5. The smallest absolute Gasteiger partial charge is 0.146 e. The Morgan fingerprint density at radius 3 is 2.47 bits per heavy atom. The lowest BCUT2D eigenvalue weighted by molar-refractivity contribution is 0.623. The number of nitriles is 1. The molecule has 1 atom stereocenters. The number of nitrogens with one attached hydrogen (secondary N) is 1. The number of hydrogen-bond donors (Lipinski definition) is 1. The van der Waals surface area contributed by atoms with E-state index in [1.54, 1.807) is 12.1 Å². The highest BCUT2D eigenvalue weighted by molar-refractivity contribution is 6.30. The van der Waals surface area contributed by atoms with E-state index in [1.165, 1.54) is 24.3 Å². The lowest BCUT2D eigenvalue weighted by Crippen LogP contribution is -2.10. The number of rotatable bonds is 3. The third-order valence-corrected chi connectivity index (χ3v) is 2.89. The maximum absolute atomic E-state index is 13.5. The maximum atomic E-state index is 13.5. The lowest BCUT2D eigenvalue weighted by atomic mass is 10.1. The minimum absolute atomic E-state index is 0.0219. The van der Waals surface area contributed by atoms with Crippen LogP contribution in [0.25, 0.3) is 0 Å². The number of halogens is 3. The predicted octanol–water partition coefficient (Wildman–Crippen LogP) is 4.29. The Balaban J connectivity index is 2.28. The summed E-state index contributed by atoms with van der Waals surface area (Å²) in [5.74, 6) is -1.09. The first kappa shape index (κ1) is 13.3. The van der Waals surface area contributed by atoms with Crippen LogP contribution in [0.1, 0.15) is 11.6 Å². The number of para-hydroxylation sites is 1. The molecule has 96 valence electrons. The second-order valence-corrected chi connectivity index (χ2v) is 4.27. The van der Waals surface area contributed by atoms with Crippen molar-refractivity contribution in [2.45, 2.75) is 6.04 Å². The van der Waals surface area contributed by atoms with Crippen LogP contribution in [0.5, 0.6) is 0 Å². The van der Waals surface area contributed by atoms with Gasteiger partial charge in [-0.2, -0.15) is 5.26 Å². The monoisotopic (exact) mass is 278 g/mol. The van der Waals surface area contributed by atoms with Gasteiger partial charge in [-0.15, -0.1) is 0 Å². The van der Waals surface area contributed by atoms with Gasteiger partial charge < -0.3 is 5.32 Å². The van der Waals surface area contributed by atoms with Gasteiger partial charge in [-0.3, -0.25) is 0 Å². The van der Waals surface area contributed by atoms with Crippen molar-refractivity contribution >= 4 is 17.3 Å². The van der Waals surface area contributed by atoms with Crippen LogP contribution in [0.15, 0.2) is 42.5 Å². The first-order chi connectivity index (χ1) is 9.11. The van der Waals surface area contributed by atoms with Crippen LogP contribution in [-0.4, -0.2) is 0 Å². The Hall–Kier alpha value is -2.12. The molecule has 0 spiro atoms. The van der Waals surface area contributed by atoms with Crippen molar-refractivity contribution in [2.24, 2.45) is 0 Å². The Morgan fingerprint density at radius 1 is 1.11 bits per heavy atom. The molecule has 0 bridgehead atoms. The zero-order valence-electron chi connectivity index (χ0n) is 9.70. The molecule has 2 aromatic carbocycles. The van der Waals surface area contributed by atoms with E-state index in [9.17, 15) is 8.78 Å². The molecule has 19 heavy (non-hydrogen) atoms. The first-order valence-electron chi connectivity index (χ1n) is 5.47. The van der Waals surface area contributed by atoms with Gasteiger partial charge in [-0.25, -0.2) is 8.78 Å². The molecule has 0 heterocycles. The molecule has 0 aromatic heterocycles. The summed E-state index contributed by atoms with van der Waals surface area (Å²) < 4.78 is 26.8. The van der Waals surface area contributed by atoms with Gasteiger partial charge in [0.05, 0.1) is 16.8 Å². The van der Waals surface area contributed by atoms with Gasteiger partial charge in [0.25, 0.3) is 0 Å². The summed E-state index contributed by atoms with van der Waals surface area (Å²) in [6, 6.07) is 11.1. The average molecular weight is 279 g/mol. The quantitative estimate of drug-likeness (QED) is 0.909. The van der Waals surface area contributed by atoms with E-state index in [1.807, 2.05) is 6.07 Å². The molecule has 0 amide bonds. The Bertz CT molecular complexity index is 638. The summed E-state index contributed by atoms with van der Waals surface area (Å²) in [5, 5.41) is 11.8. The van der Waals surface area contributed by atoms with Crippen LogP contribution in [0.2, 0.25) is 5.02 Å². The summed E-state index contributed by atoms with van der Waals surface area (Å²) in [4.78, 5) is 0. The van der Waals surface area contributed by atoms with Crippen LogP contribution < -0.4 is 5.32 Å². The molecule has 0 fully saturated rings. The average Bonchev–Trinajstić information content (AvgIpc) is 2.41. The number of anilines is 1. The second kappa shape index (κ2) is 5.68. The highest BCUT2D eigenvalue weighted by Gasteiger charge is 2.14. The summed E-state index contributed by atoms with van der Waals surface area (Å²) >= 11 is 5.58. The highest BCUT2D eigenvalue weighted by atomic mass is 35.5. The topological polar surface area (TPSA) is 35.8 Å². The molecule has 5 heteroatoms. The fraction of sp³-hybridized carbons (Fsp3) is 0.0714. The number of nitrogens with zero attached hydrogens (tertiary/aromatic N) is 1. The van der Waals surface area contributed by atoms with Gasteiger partial charge in [-0.1, -0.05) is 29.8 Å². The third-order valence-electron chi connectivity index (χ3n) is 2.58. The Labute approximate surface area is 114 Å². The molecule has 2 rings (SSSR count). The standard InChI is InChI=1S/C14H9ClF2N2/c15-10-6-5-9(7-12(10)17)14(8-18)19-13-4-2-1-3-11(13)16/h1-7,14,19H. The summed E-state index contributed by atoms with van der Waals surface area (Å²) in [6.45, 7) is 0. The Kier molecular flexibility index (Phi) is 3.98. The molecule has 1 unspecified atom stereocenters. The van der Waals surface area contributed by atoms with Crippen molar-refractivity contribution in [3.8, 4) is 6.07 Å². The van der Waals surface area contributed by atoms with Gasteiger partial charge in [0.2, 0.25) is 0 Å². The predicted molar refractivity (Wildman–Crippen MR) is 69.8 cm³/mol.